The number of nitrogens with one attached hydrogen (secondary N) is 1. The van der Waals surface area contributed by atoms with Crippen LogP contribution >= 0.6 is 11.6 Å². The van der Waals surface area contributed by atoms with Gasteiger partial charge in [0.1, 0.15) is 16.5 Å². The lowest BCUT2D eigenvalue weighted by molar-refractivity contribution is 0.0602. The minimum atomic E-state index is -0.479. The maximum atomic E-state index is 11.9. The van der Waals surface area contributed by atoms with Gasteiger partial charge in [0.05, 0.1) is 13.3 Å². The molecule has 2 heterocycles. The van der Waals surface area contributed by atoms with Crippen LogP contribution in [0.15, 0.2) is 6.20 Å². The van der Waals surface area contributed by atoms with Gasteiger partial charge in [-0.25, -0.2) is 9.78 Å². The Morgan fingerprint density at radius 3 is 2.58 bits per heavy atom. The number of hydrogen-bond acceptors (Lipinski definition) is 5. The lowest BCUT2D eigenvalue weighted by atomic mass is 9.99. The zero-order chi connectivity index (χ0) is 18.0. The van der Waals surface area contributed by atoms with Gasteiger partial charge in [-0.05, 0) is 25.2 Å². The van der Waals surface area contributed by atoms with E-state index >= 15 is 0 Å². The Hall–Kier alpha value is -1.82. The molecule has 2 aromatic heterocycles. The van der Waals surface area contributed by atoms with Crippen molar-refractivity contribution in [3.63, 3.8) is 0 Å². The molecule has 24 heavy (non-hydrogen) atoms. The summed E-state index contributed by atoms with van der Waals surface area (Å²) in [6.07, 6.45) is 2.39. The molecule has 0 bridgehead atoms. The summed E-state index contributed by atoms with van der Waals surface area (Å²) >= 11 is 6.48. The Kier molecular flexibility index (Phi) is 5.70. The van der Waals surface area contributed by atoms with Crippen LogP contribution in [0, 0.1) is 5.92 Å². The van der Waals surface area contributed by atoms with Crippen LogP contribution < -0.4 is 5.32 Å². The van der Waals surface area contributed by atoms with Crippen molar-refractivity contribution < 1.29 is 9.53 Å². The van der Waals surface area contributed by atoms with Gasteiger partial charge < -0.3 is 10.1 Å². The molecule has 7 heteroatoms. The molecule has 0 aromatic carbocycles. The van der Waals surface area contributed by atoms with Crippen molar-refractivity contribution in [2.45, 2.75) is 53.0 Å². The van der Waals surface area contributed by atoms with Crippen LogP contribution in [0.5, 0.6) is 0 Å². The van der Waals surface area contributed by atoms with E-state index in [4.69, 9.17) is 16.3 Å². The van der Waals surface area contributed by atoms with Gasteiger partial charge >= 0.3 is 5.97 Å². The van der Waals surface area contributed by atoms with E-state index in [0.717, 1.165) is 17.8 Å². The van der Waals surface area contributed by atoms with Crippen LogP contribution in [-0.4, -0.2) is 33.7 Å². The predicted octanol–water partition coefficient (Wildman–Crippen LogP) is 4.14. The molecule has 0 aliphatic rings. The van der Waals surface area contributed by atoms with E-state index in [0.29, 0.717) is 22.3 Å². The van der Waals surface area contributed by atoms with Gasteiger partial charge in [-0.1, -0.05) is 39.3 Å². The molecule has 0 saturated carbocycles. The number of hydrogen-bond donors (Lipinski definition) is 1. The number of ether oxygens (including phenoxy) is 1. The van der Waals surface area contributed by atoms with E-state index < -0.39 is 5.97 Å². The standard InChI is InChI=1S/C17H25ClN4O2/c1-7-10(4)13-14(18)21-15-12(17(23)24-6)8-19-22(15)16(13)20-11(5)9(2)3/h8-11,20H,7H2,1-6H3. The summed E-state index contributed by atoms with van der Waals surface area (Å²) in [6.45, 7) is 10.6. The Labute approximate surface area is 147 Å². The summed E-state index contributed by atoms with van der Waals surface area (Å²) in [6, 6.07) is 0.209. The smallest absolute Gasteiger partial charge is 0.343 e. The first kappa shape index (κ1) is 18.5. The Balaban J connectivity index is 2.71. The van der Waals surface area contributed by atoms with Gasteiger partial charge in [0.25, 0.3) is 0 Å². The number of nitrogens with zero attached hydrogens (tertiary/aromatic N) is 3. The highest BCUT2D eigenvalue weighted by Crippen LogP contribution is 2.34. The first-order valence-corrected chi connectivity index (χ1v) is 8.61. The van der Waals surface area contributed by atoms with E-state index in [-0.39, 0.29) is 12.0 Å². The molecule has 0 saturated heterocycles. The van der Waals surface area contributed by atoms with Gasteiger partial charge in [-0.15, -0.1) is 0 Å². The van der Waals surface area contributed by atoms with Crippen LogP contribution in [0.4, 0.5) is 5.82 Å². The minimum Gasteiger partial charge on any atom is -0.465 e. The van der Waals surface area contributed by atoms with Crippen molar-refractivity contribution in [1.82, 2.24) is 14.6 Å². The normalized spacial score (nSPS) is 14.0. The molecule has 0 aliphatic carbocycles. The molecule has 2 rings (SSSR count). The monoisotopic (exact) mass is 352 g/mol. The van der Waals surface area contributed by atoms with Crippen molar-refractivity contribution in [2.75, 3.05) is 12.4 Å². The number of methoxy groups -OCH3 is 1. The fourth-order valence-electron chi connectivity index (χ4n) is 2.39. The van der Waals surface area contributed by atoms with E-state index in [2.05, 4.69) is 50.0 Å². The molecule has 0 spiro atoms. The summed E-state index contributed by atoms with van der Waals surface area (Å²) in [7, 11) is 1.33. The molecule has 0 fully saturated rings. The molecule has 0 radical (unpaired) electrons. The summed E-state index contributed by atoms with van der Waals surface area (Å²) in [5, 5.41) is 8.24. The highest BCUT2D eigenvalue weighted by atomic mass is 35.5. The summed E-state index contributed by atoms with van der Waals surface area (Å²) < 4.78 is 6.46. The molecule has 0 aliphatic heterocycles. The van der Waals surface area contributed by atoms with Crippen molar-refractivity contribution >= 4 is 29.0 Å². The molecule has 2 atom stereocenters. The van der Waals surface area contributed by atoms with Gasteiger partial charge in [0.15, 0.2) is 5.65 Å². The van der Waals surface area contributed by atoms with Crippen LogP contribution in [0.1, 0.15) is 62.9 Å². The number of esters is 1. The van der Waals surface area contributed by atoms with Crippen molar-refractivity contribution in [3.8, 4) is 0 Å². The third-order valence-corrected chi connectivity index (χ3v) is 4.80. The summed E-state index contributed by atoms with van der Waals surface area (Å²) in [4.78, 5) is 16.3. The highest BCUT2D eigenvalue weighted by Gasteiger charge is 2.24. The van der Waals surface area contributed by atoms with E-state index in [1.54, 1.807) is 4.52 Å². The van der Waals surface area contributed by atoms with Gasteiger partial charge in [-0.3, -0.25) is 0 Å². The van der Waals surface area contributed by atoms with Gasteiger partial charge in [0.2, 0.25) is 0 Å². The number of aromatic nitrogens is 3. The number of halogens is 1. The zero-order valence-corrected chi connectivity index (χ0v) is 15.8. The number of rotatable bonds is 6. The van der Waals surface area contributed by atoms with Crippen LogP contribution in [-0.2, 0) is 4.74 Å². The van der Waals surface area contributed by atoms with E-state index in [1.165, 1.54) is 13.3 Å². The van der Waals surface area contributed by atoms with Crippen molar-refractivity contribution in [2.24, 2.45) is 5.92 Å². The number of carbonyl (C=O) groups excluding carboxylic acids is 1. The average Bonchev–Trinajstić information content (AvgIpc) is 2.96. The quantitative estimate of drug-likeness (QED) is 0.625. The predicted molar refractivity (Wildman–Crippen MR) is 96.0 cm³/mol. The SMILES string of the molecule is CCC(C)c1c(Cl)nc2c(C(=O)OC)cnn2c1NC(C)C(C)C. The molecular formula is C17H25ClN4O2. The maximum absolute atomic E-state index is 11.9. The fourth-order valence-corrected chi connectivity index (χ4v) is 2.75. The second kappa shape index (κ2) is 7.38. The molecule has 132 valence electrons. The van der Waals surface area contributed by atoms with Gasteiger partial charge in [-0.2, -0.15) is 9.61 Å². The largest absolute Gasteiger partial charge is 0.465 e. The van der Waals surface area contributed by atoms with Gasteiger partial charge in [0, 0.05) is 11.6 Å². The fraction of sp³-hybridized carbons (Fsp3) is 0.588. The second-order valence-electron chi connectivity index (χ2n) is 6.44. The zero-order valence-electron chi connectivity index (χ0n) is 15.1. The average molecular weight is 353 g/mol. The number of anilines is 1. The molecule has 0 amide bonds. The lowest BCUT2D eigenvalue weighted by Gasteiger charge is -2.24. The lowest BCUT2D eigenvalue weighted by Crippen LogP contribution is -2.25. The molecule has 2 unspecified atom stereocenters. The second-order valence-corrected chi connectivity index (χ2v) is 6.79. The van der Waals surface area contributed by atoms with Crippen LogP contribution in [0.2, 0.25) is 5.15 Å². The topological polar surface area (TPSA) is 68.5 Å². The Morgan fingerprint density at radius 2 is 2.04 bits per heavy atom. The molecule has 6 nitrogen and oxygen atoms in total. The summed E-state index contributed by atoms with van der Waals surface area (Å²) in [5.41, 5.74) is 1.62. The first-order chi connectivity index (χ1) is 11.3. The summed E-state index contributed by atoms with van der Waals surface area (Å²) in [5.74, 6) is 0.942. The highest BCUT2D eigenvalue weighted by molar-refractivity contribution is 6.30. The minimum absolute atomic E-state index is 0.209. The van der Waals surface area contributed by atoms with Crippen molar-refractivity contribution in [3.05, 3.63) is 22.5 Å². The first-order valence-electron chi connectivity index (χ1n) is 8.23. The molecule has 1 N–H and O–H groups in total. The number of carbonyl (C=O) groups is 1. The molecule has 2 aromatic rings. The maximum Gasteiger partial charge on any atom is 0.343 e. The Bertz CT molecular complexity index is 742. The third kappa shape index (κ3) is 3.34. The van der Waals surface area contributed by atoms with E-state index in [9.17, 15) is 4.79 Å². The number of fused-ring (bicyclic) bond motifs is 1. The van der Waals surface area contributed by atoms with Crippen LogP contribution in [0.25, 0.3) is 5.65 Å². The molecular weight excluding hydrogens is 328 g/mol. The van der Waals surface area contributed by atoms with E-state index in [1.807, 2.05) is 0 Å². The van der Waals surface area contributed by atoms with Crippen LogP contribution in [0.3, 0.4) is 0 Å². The Morgan fingerprint density at radius 1 is 1.38 bits per heavy atom. The van der Waals surface area contributed by atoms with Crippen molar-refractivity contribution in [1.29, 1.82) is 0 Å². The third-order valence-electron chi connectivity index (χ3n) is 4.51.